The third kappa shape index (κ3) is 1.91. The Labute approximate surface area is 88.5 Å². The molecule has 0 aliphatic carbocycles. The smallest absolute Gasteiger partial charge is 0.227 e. The highest BCUT2D eigenvalue weighted by Gasteiger charge is 2.25. The fourth-order valence-corrected chi connectivity index (χ4v) is 1.86. The van der Waals surface area contributed by atoms with Gasteiger partial charge in [-0.15, -0.1) is 0 Å². The molecule has 0 aromatic heterocycles. The zero-order chi connectivity index (χ0) is 10.8. The summed E-state index contributed by atoms with van der Waals surface area (Å²) in [5, 5.41) is 2.80. The van der Waals surface area contributed by atoms with Gasteiger partial charge in [-0.3, -0.25) is 9.59 Å². The van der Waals surface area contributed by atoms with Gasteiger partial charge in [0.25, 0.3) is 0 Å². The second-order valence-electron chi connectivity index (χ2n) is 3.81. The van der Waals surface area contributed by atoms with Crippen molar-refractivity contribution in [2.45, 2.75) is 19.3 Å². The lowest BCUT2D eigenvalue weighted by Gasteiger charge is -2.07. The number of hydrogen-bond donors (Lipinski definition) is 1. The lowest BCUT2D eigenvalue weighted by atomic mass is 9.96. The highest BCUT2D eigenvalue weighted by molar-refractivity contribution is 5.94. The molecule has 1 fully saturated rings. The van der Waals surface area contributed by atoms with Crippen molar-refractivity contribution in [3.63, 3.8) is 0 Å². The Hall–Kier alpha value is -1.64. The number of rotatable bonds is 2. The molecule has 0 radical (unpaired) electrons. The van der Waals surface area contributed by atoms with Crippen molar-refractivity contribution in [2.75, 3.05) is 6.54 Å². The normalized spacial score (nSPS) is 20.1. The van der Waals surface area contributed by atoms with E-state index in [1.54, 1.807) is 12.1 Å². The van der Waals surface area contributed by atoms with E-state index in [0.717, 1.165) is 18.5 Å². The predicted octanol–water partition coefficient (Wildman–Crippen LogP) is 1.49. The zero-order valence-electron chi connectivity index (χ0n) is 8.62. The van der Waals surface area contributed by atoms with Crippen molar-refractivity contribution in [1.29, 1.82) is 0 Å². The molecule has 1 atom stereocenters. The van der Waals surface area contributed by atoms with E-state index in [2.05, 4.69) is 5.32 Å². The molecule has 0 saturated carbocycles. The Morgan fingerprint density at radius 1 is 1.33 bits per heavy atom. The summed E-state index contributed by atoms with van der Waals surface area (Å²) < 4.78 is 0. The minimum Gasteiger partial charge on any atom is -0.356 e. The van der Waals surface area contributed by atoms with E-state index in [1.807, 2.05) is 12.1 Å². The molecule has 1 aromatic rings. The van der Waals surface area contributed by atoms with Crippen molar-refractivity contribution in [1.82, 2.24) is 5.32 Å². The summed E-state index contributed by atoms with van der Waals surface area (Å²) in [6.07, 6.45) is 0.845. The number of amides is 1. The molecule has 2 rings (SSSR count). The molecule has 1 aromatic carbocycles. The predicted molar refractivity (Wildman–Crippen MR) is 56.8 cm³/mol. The number of Topliss-reactive ketones (excluding diaryl/α,β-unsaturated/α-hetero) is 1. The molecule has 15 heavy (non-hydrogen) atoms. The van der Waals surface area contributed by atoms with E-state index < -0.39 is 0 Å². The summed E-state index contributed by atoms with van der Waals surface area (Å²) in [6, 6.07) is 7.30. The maximum absolute atomic E-state index is 11.4. The molecule has 78 valence electrons. The van der Waals surface area contributed by atoms with Crippen LogP contribution in [0.1, 0.15) is 35.2 Å². The summed E-state index contributed by atoms with van der Waals surface area (Å²) in [6.45, 7) is 2.29. The highest BCUT2D eigenvalue weighted by atomic mass is 16.2. The first-order valence-corrected chi connectivity index (χ1v) is 5.07. The summed E-state index contributed by atoms with van der Waals surface area (Å²) in [7, 11) is 0. The molecule has 3 heteroatoms. The van der Waals surface area contributed by atoms with Crippen LogP contribution in [0.2, 0.25) is 0 Å². The van der Waals surface area contributed by atoms with Crippen molar-refractivity contribution in [3.8, 4) is 0 Å². The lowest BCUT2D eigenvalue weighted by molar-refractivity contribution is -0.120. The van der Waals surface area contributed by atoms with Gasteiger partial charge in [-0.1, -0.05) is 24.3 Å². The minimum atomic E-state index is -0.0361. The molecule has 1 heterocycles. The summed E-state index contributed by atoms with van der Waals surface area (Å²) in [5.74, 6) is 0.106. The van der Waals surface area contributed by atoms with Crippen molar-refractivity contribution in [3.05, 3.63) is 35.4 Å². The Morgan fingerprint density at radius 2 is 2.00 bits per heavy atom. The standard InChI is InChI=1S/C12H13NO2/c1-8(14)9-2-4-10(5-3-9)11-6-7-13-12(11)15/h2-5,11H,6-7H2,1H3,(H,13,15). The van der Waals surface area contributed by atoms with Crippen LogP contribution < -0.4 is 5.32 Å². The van der Waals surface area contributed by atoms with Gasteiger partial charge in [-0.2, -0.15) is 0 Å². The van der Waals surface area contributed by atoms with Gasteiger partial charge in [0.15, 0.2) is 5.78 Å². The van der Waals surface area contributed by atoms with E-state index in [0.29, 0.717) is 5.56 Å². The van der Waals surface area contributed by atoms with Gasteiger partial charge in [0.1, 0.15) is 0 Å². The number of nitrogens with one attached hydrogen (secondary N) is 1. The topological polar surface area (TPSA) is 46.2 Å². The fourth-order valence-electron chi connectivity index (χ4n) is 1.86. The zero-order valence-corrected chi connectivity index (χ0v) is 8.62. The van der Waals surface area contributed by atoms with Crippen molar-refractivity contribution in [2.24, 2.45) is 0 Å². The molecule has 0 bridgehead atoms. The minimum absolute atomic E-state index is 0.0361. The van der Waals surface area contributed by atoms with Gasteiger partial charge >= 0.3 is 0 Å². The van der Waals surface area contributed by atoms with Gasteiger partial charge in [0.05, 0.1) is 5.92 Å². The molecular formula is C12H13NO2. The number of hydrogen-bond acceptors (Lipinski definition) is 2. The molecule has 1 unspecified atom stereocenters. The number of carbonyl (C=O) groups is 2. The highest BCUT2D eigenvalue weighted by Crippen LogP contribution is 2.23. The van der Waals surface area contributed by atoms with E-state index in [1.165, 1.54) is 6.92 Å². The lowest BCUT2D eigenvalue weighted by Crippen LogP contribution is -2.17. The number of benzene rings is 1. The summed E-state index contributed by atoms with van der Waals surface area (Å²) in [4.78, 5) is 22.5. The monoisotopic (exact) mass is 203 g/mol. The summed E-state index contributed by atoms with van der Waals surface area (Å²) in [5.41, 5.74) is 1.69. The SMILES string of the molecule is CC(=O)c1ccc(C2CCNC2=O)cc1. The average Bonchev–Trinajstić information content (AvgIpc) is 2.65. The molecule has 1 aliphatic heterocycles. The maximum atomic E-state index is 11.4. The second-order valence-corrected chi connectivity index (χ2v) is 3.81. The molecular weight excluding hydrogens is 190 g/mol. The van der Waals surface area contributed by atoms with E-state index in [-0.39, 0.29) is 17.6 Å². The van der Waals surface area contributed by atoms with Gasteiger partial charge in [-0.05, 0) is 18.9 Å². The van der Waals surface area contributed by atoms with Crippen LogP contribution in [-0.2, 0) is 4.79 Å². The Kier molecular flexibility index (Phi) is 2.54. The average molecular weight is 203 g/mol. The Bertz CT molecular complexity index is 395. The number of carbonyl (C=O) groups excluding carboxylic acids is 2. The van der Waals surface area contributed by atoms with E-state index >= 15 is 0 Å². The molecule has 3 nitrogen and oxygen atoms in total. The third-order valence-corrected chi connectivity index (χ3v) is 2.77. The van der Waals surface area contributed by atoms with Crippen LogP contribution in [0.5, 0.6) is 0 Å². The third-order valence-electron chi connectivity index (χ3n) is 2.77. The molecule has 0 spiro atoms. The van der Waals surface area contributed by atoms with E-state index in [4.69, 9.17) is 0 Å². The largest absolute Gasteiger partial charge is 0.356 e. The van der Waals surface area contributed by atoms with Crippen molar-refractivity contribution < 1.29 is 9.59 Å². The van der Waals surface area contributed by atoms with Crippen LogP contribution in [0.15, 0.2) is 24.3 Å². The molecule has 1 saturated heterocycles. The fraction of sp³-hybridized carbons (Fsp3) is 0.333. The maximum Gasteiger partial charge on any atom is 0.227 e. The van der Waals surface area contributed by atoms with Crippen LogP contribution in [0.4, 0.5) is 0 Å². The van der Waals surface area contributed by atoms with Gasteiger partial charge < -0.3 is 5.32 Å². The van der Waals surface area contributed by atoms with Crippen LogP contribution in [0, 0.1) is 0 Å². The molecule has 1 amide bonds. The first-order chi connectivity index (χ1) is 7.18. The van der Waals surface area contributed by atoms with Crippen molar-refractivity contribution >= 4 is 11.7 Å². The Morgan fingerprint density at radius 3 is 2.47 bits per heavy atom. The molecule has 1 aliphatic rings. The summed E-state index contributed by atoms with van der Waals surface area (Å²) >= 11 is 0. The number of ketones is 1. The van der Waals surface area contributed by atoms with Crippen LogP contribution >= 0.6 is 0 Å². The Balaban J connectivity index is 2.23. The van der Waals surface area contributed by atoms with Gasteiger partial charge in [-0.25, -0.2) is 0 Å². The molecule has 1 N–H and O–H groups in total. The van der Waals surface area contributed by atoms with E-state index in [9.17, 15) is 9.59 Å². The first kappa shape index (κ1) is 9.90. The van der Waals surface area contributed by atoms with Crippen LogP contribution in [0.3, 0.4) is 0 Å². The van der Waals surface area contributed by atoms with Crippen LogP contribution in [0.25, 0.3) is 0 Å². The van der Waals surface area contributed by atoms with Gasteiger partial charge in [0.2, 0.25) is 5.91 Å². The quantitative estimate of drug-likeness (QED) is 0.740. The second kappa shape index (κ2) is 3.85. The van der Waals surface area contributed by atoms with Crippen LogP contribution in [-0.4, -0.2) is 18.2 Å². The first-order valence-electron chi connectivity index (χ1n) is 5.07. The van der Waals surface area contributed by atoms with Gasteiger partial charge in [0, 0.05) is 12.1 Å².